The summed E-state index contributed by atoms with van der Waals surface area (Å²) >= 11 is 0. The number of aromatic amines is 1. The van der Waals surface area contributed by atoms with Gasteiger partial charge in [0.15, 0.2) is 0 Å². The van der Waals surface area contributed by atoms with Crippen LogP contribution in [0.1, 0.15) is 27.2 Å². The Morgan fingerprint density at radius 3 is 2.76 bits per heavy atom. The van der Waals surface area contributed by atoms with Crippen LogP contribution in [0.3, 0.4) is 0 Å². The number of aromatic nitrogens is 3. The van der Waals surface area contributed by atoms with Crippen LogP contribution < -0.4 is 10.6 Å². The van der Waals surface area contributed by atoms with Crippen molar-refractivity contribution in [1.82, 2.24) is 20.5 Å². The number of rotatable bonds is 8. The second kappa shape index (κ2) is 10.2. The van der Waals surface area contributed by atoms with Gasteiger partial charge in [-0.15, -0.1) is 0 Å². The second-order valence-corrected chi connectivity index (χ2v) is 7.32. The Bertz CT molecular complexity index is 1300. The van der Waals surface area contributed by atoms with E-state index in [1.807, 2.05) is 18.2 Å². The van der Waals surface area contributed by atoms with Crippen molar-refractivity contribution in [2.45, 2.75) is 13.0 Å². The third-order valence-corrected chi connectivity index (χ3v) is 5.06. The van der Waals surface area contributed by atoms with Gasteiger partial charge in [-0.3, -0.25) is 9.89 Å². The third kappa shape index (κ3) is 5.40. The predicted molar refractivity (Wildman–Crippen MR) is 123 cm³/mol. The van der Waals surface area contributed by atoms with Gasteiger partial charge in [0, 0.05) is 18.3 Å². The van der Waals surface area contributed by atoms with E-state index in [9.17, 15) is 14.4 Å². The Morgan fingerprint density at radius 2 is 1.97 bits per heavy atom. The highest BCUT2D eigenvalue weighted by atomic mass is 19.1. The SMILES string of the molecule is N#Cc1ccccc1-c1ccc(C(=O)NCc2ccn[nH]2)c(NCCc2cccc(F)c2)n1. The van der Waals surface area contributed by atoms with Gasteiger partial charge in [0.1, 0.15) is 11.6 Å². The van der Waals surface area contributed by atoms with E-state index >= 15 is 0 Å². The number of carbonyl (C=O) groups excluding carboxylic acids is 1. The molecule has 0 fully saturated rings. The van der Waals surface area contributed by atoms with Crippen LogP contribution in [0.4, 0.5) is 10.2 Å². The number of halogens is 1. The molecule has 1 amide bonds. The molecule has 0 bridgehead atoms. The number of carbonyl (C=O) groups is 1. The summed E-state index contributed by atoms with van der Waals surface area (Å²) in [6, 6.07) is 20.9. The lowest BCUT2D eigenvalue weighted by atomic mass is 10.0. The van der Waals surface area contributed by atoms with Crippen molar-refractivity contribution >= 4 is 11.7 Å². The van der Waals surface area contributed by atoms with Gasteiger partial charge in [-0.1, -0.05) is 30.3 Å². The summed E-state index contributed by atoms with van der Waals surface area (Å²) in [4.78, 5) is 17.5. The number of nitrogens with one attached hydrogen (secondary N) is 3. The smallest absolute Gasteiger partial charge is 0.255 e. The molecule has 0 radical (unpaired) electrons. The average molecular weight is 440 g/mol. The average Bonchev–Trinajstić information content (AvgIpc) is 3.36. The molecule has 4 aromatic rings. The van der Waals surface area contributed by atoms with Crippen LogP contribution in [-0.2, 0) is 13.0 Å². The molecule has 0 atom stereocenters. The van der Waals surface area contributed by atoms with Crippen LogP contribution in [0.15, 0.2) is 72.9 Å². The number of benzene rings is 2. The van der Waals surface area contributed by atoms with Gasteiger partial charge in [0.25, 0.3) is 5.91 Å². The topological polar surface area (TPSA) is 106 Å². The Kier molecular flexibility index (Phi) is 6.71. The molecular formula is C25H21FN6O. The summed E-state index contributed by atoms with van der Waals surface area (Å²) in [5.41, 5.74) is 3.72. The van der Waals surface area contributed by atoms with Crippen molar-refractivity contribution in [2.75, 3.05) is 11.9 Å². The molecule has 8 heteroatoms. The third-order valence-electron chi connectivity index (χ3n) is 5.06. The number of pyridine rings is 1. The van der Waals surface area contributed by atoms with Gasteiger partial charge >= 0.3 is 0 Å². The maximum atomic E-state index is 13.5. The highest BCUT2D eigenvalue weighted by molar-refractivity contribution is 5.99. The van der Waals surface area contributed by atoms with Gasteiger partial charge < -0.3 is 10.6 Å². The first-order valence-electron chi connectivity index (χ1n) is 10.4. The van der Waals surface area contributed by atoms with E-state index in [1.54, 1.807) is 42.6 Å². The second-order valence-electron chi connectivity index (χ2n) is 7.32. The molecular weight excluding hydrogens is 419 g/mol. The van der Waals surface area contributed by atoms with Crippen molar-refractivity contribution in [1.29, 1.82) is 5.26 Å². The first kappa shape index (κ1) is 21.7. The van der Waals surface area contributed by atoms with E-state index in [4.69, 9.17) is 0 Å². The molecule has 0 aliphatic rings. The van der Waals surface area contributed by atoms with Gasteiger partial charge in [0.2, 0.25) is 0 Å². The highest BCUT2D eigenvalue weighted by Gasteiger charge is 2.16. The van der Waals surface area contributed by atoms with Crippen molar-refractivity contribution in [3.63, 3.8) is 0 Å². The van der Waals surface area contributed by atoms with Gasteiger partial charge in [-0.2, -0.15) is 10.4 Å². The minimum Gasteiger partial charge on any atom is -0.369 e. The fourth-order valence-corrected chi connectivity index (χ4v) is 3.40. The monoisotopic (exact) mass is 440 g/mol. The van der Waals surface area contributed by atoms with Crippen LogP contribution in [0, 0.1) is 17.1 Å². The maximum absolute atomic E-state index is 13.5. The lowest BCUT2D eigenvalue weighted by molar-refractivity contribution is 0.0951. The summed E-state index contributed by atoms with van der Waals surface area (Å²) in [6.07, 6.45) is 2.16. The number of amides is 1. The van der Waals surface area contributed by atoms with Crippen LogP contribution >= 0.6 is 0 Å². The summed E-state index contributed by atoms with van der Waals surface area (Å²) < 4.78 is 13.5. The predicted octanol–water partition coefficient (Wildman–Crippen LogP) is 4.07. The van der Waals surface area contributed by atoms with Crippen LogP contribution in [0.2, 0.25) is 0 Å². The van der Waals surface area contributed by atoms with Crippen molar-refractivity contribution in [3.8, 4) is 17.3 Å². The van der Waals surface area contributed by atoms with E-state index in [0.717, 1.165) is 11.3 Å². The molecule has 33 heavy (non-hydrogen) atoms. The number of nitrogens with zero attached hydrogens (tertiary/aromatic N) is 3. The van der Waals surface area contributed by atoms with Crippen molar-refractivity contribution in [2.24, 2.45) is 0 Å². The Balaban J connectivity index is 1.58. The van der Waals surface area contributed by atoms with E-state index in [1.165, 1.54) is 12.1 Å². The van der Waals surface area contributed by atoms with Gasteiger partial charge in [-0.05, 0) is 48.4 Å². The van der Waals surface area contributed by atoms with E-state index in [2.05, 4.69) is 31.9 Å². The number of hydrogen-bond donors (Lipinski definition) is 3. The minimum absolute atomic E-state index is 0.292. The highest BCUT2D eigenvalue weighted by Crippen LogP contribution is 2.25. The van der Waals surface area contributed by atoms with Crippen LogP contribution in [-0.4, -0.2) is 27.6 Å². The van der Waals surface area contributed by atoms with Gasteiger partial charge in [-0.25, -0.2) is 9.37 Å². The number of anilines is 1. The molecule has 0 unspecified atom stereocenters. The maximum Gasteiger partial charge on any atom is 0.255 e. The number of H-pyrrole nitrogens is 1. The number of hydrogen-bond acceptors (Lipinski definition) is 5. The van der Waals surface area contributed by atoms with Crippen LogP contribution in [0.5, 0.6) is 0 Å². The summed E-state index contributed by atoms with van der Waals surface area (Å²) in [7, 11) is 0. The molecule has 2 heterocycles. The molecule has 0 spiro atoms. The summed E-state index contributed by atoms with van der Waals surface area (Å²) in [6.45, 7) is 0.737. The fourth-order valence-electron chi connectivity index (χ4n) is 3.40. The molecule has 2 aromatic carbocycles. The fraction of sp³-hybridized carbons (Fsp3) is 0.120. The zero-order valence-electron chi connectivity index (χ0n) is 17.7. The first-order valence-corrected chi connectivity index (χ1v) is 10.4. The molecule has 7 nitrogen and oxygen atoms in total. The lowest BCUT2D eigenvalue weighted by Crippen LogP contribution is -2.25. The first-order chi connectivity index (χ1) is 16.1. The molecule has 4 rings (SSSR count). The standard InChI is InChI=1S/C25H21FN6O/c26-19-6-3-4-17(14-19)10-12-28-24-22(25(33)29-16-20-11-13-30-32-20)8-9-23(31-24)21-7-2-1-5-18(21)15-27/h1-9,11,13-14H,10,12,16H2,(H,28,31)(H,29,33)(H,30,32). The van der Waals surface area contributed by atoms with Crippen molar-refractivity contribution in [3.05, 3.63) is 101 Å². The van der Waals surface area contributed by atoms with E-state index < -0.39 is 0 Å². The zero-order valence-corrected chi connectivity index (χ0v) is 17.7. The van der Waals surface area contributed by atoms with Crippen molar-refractivity contribution < 1.29 is 9.18 Å². The molecule has 3 N–H and O–H groups in total. The van der Waals surface area contributed by atoms with Crippen LogP contribution in [0.25, 0.3) is 11.3 Å². The molecule has 0 aliphatic carbocycles. The van der Waals surface area contributed by atoms with E-state index in [0.29, 0.717) is 47.7 Å². The normalized spacial score (nSPS) is 10.4. The molecule has 0 aliphatic heterocycles. The molecule has 0 saturated heterocycles. The van der Waals surface area contributed by atoms with Gasteiger partial charge in [0.05, 0.1) is 35.1 Å². The molecule has 164 valence electrons. The Labute approximate surface area is 190 Å². The zero-order chi connectivity index (χ0) is 23.0. The van der Waals surface area contributed by atoms with E-state index in [-0.39, 0.29) is 11.7 Å². The molecule has 2 aromatic heterocycles. The quantitative estimate of drug-likeness (QED) is 0.383. The largest absolute Gasteiger partial charge is 0.369 e. The summed E-state index contributed by atoms with van der Waals surface area (Å²) in [5.74, 6) is -0.205. The minimum atomic E-state index is -0.300. The Morgan fingerprint density at radius 1 is 1.09 bits per heavy atom. The Hall–Kier alpha value is -4.51. The number of nitriles is 1. The summed E-state index contributed by atoms with van der Waals surface area (Å²) in [5, 5.41) is 22.2. The lowest BCUT2D eigenvalue weighted by Gasteiger charge is -2.14. The molecule has 0 saturated carbocycles.